The van der Waals surface area contributed by atoms with E-state index in [2.05, 4.69) is 6.92 Å². The monoisotopic (exact) mass is 271 g/mol. The zero-order valence-corrected chi connectivity index (χ0v) is 11.4. The summed E-state index contributed by atoms with van der Waals surface area (Å²) in [5, 5.41) is 0.462. The number of rotatable bonds is 4. The van der Waals surface area contributed by atoms with Gasteiger partial charge in [-0.05, 0) is 24.6 Å². The van der Waals surface area contributed by atoms with E-state index in [1.807, 2.05) is 12.1 Å². The first kappa shape index (κ1) is 12.9. The number of hydrogen-bond acceptors (Lipinski definition) is 4. The summed E-state index contributed by atoms with van der Waals surface area (Å²) < 4.78 is 23.9. The summed E-state index contributed by atoms with van der Waals surface area (Å²) >= 11 is 1.72. The molecule has 2 rings (SSSR count). The van der Waals surface area contributed by atoms with Crippen LogP contribution in [0.5, 0.6) is 0 Å². The first-order valence-corrected chi connectivity index (χ1v) is 8.31. The topological polar surface area (TPSA) is 60.2 Å². The molecule has 0 radical (unpaired) electrons. The van der Waals surface area contributed by atoms with Crippen LogP contribution < -0.4 is 5.73 Å². The van der Waals surface area contributed by atoms with Crippen LogP contribution in [0.25, 0.3) is 0 Å². The third kappa shape index (κ3) is 2.67. The van der Waals surface area contributed by atoms with Crippen LogP contribution in [-0.4, -0.2) is 26.0 Å². The van der Waals surface area contributed by atoms with Crippen molar-refractivity contribution in [2.75, 3.05) is 12.3 Å². The maximum absolute atomic E-state index is 12.0. The fourth-order valence-corrected chi connectivity index (χ4v) is 5.83. The summed E-state index contributed by atoms with van der Waals surface area (Å²) in [6.07, 6.45) is 0.920. The first-order chi connectivity index (χ1) is 8.04. The molecule has 1 aliphatic heterocycles. The molecular formula is C12H17NO2S2. The quantitative estimate of drug-likeness (QED) is 0.909. The van der Waals surface area contributed by atoms with E-state index >= 15 is 0 Å². The van der Waals surface area contributed by atoms with E-state index in [4.69, 9.17) is 5.73 Å². The van der Waals surface area contributed by atoms with E-state index in [1.54, 1.807) is 23.9 Å². The van der Waals surface area contributed by atoms with Gasteiger partial charge in [-0.15, -0.1) is 11.8 Å². The molecule has 1 heterocycles. The molecule has 2 atom stereocenters. The molecule has 0 saturated heterocycles. The van der Waals surface area contributed by atoms with Gasteiger partial charge < -0.3 is 5.73 Å². The Morgan fingerprint density at radius 2 is 2.18 bits per heavy atom. The summed E-state index contributed by atoms with van der Waals surface area (Å²) in [7, 11) is -3.07. The van der Waals surface area contributed by atoms with Crippen LogP contribution in [0.15, 0.2) is 29.2 Å². The average Bonchev–Trinajstić information content (AvgIpc) is 2.52. The molecule has 1 aliphatic rings. The Morgan fingerprint density at radius 3 is 2.88 bits per heavy atom. The number of fused-ring (bicyclic) bond motifs is 1. The van der Waals surface area contributed by atoms with Crippen LogP contribution in [0.4, 0.5) is 0 Å². The molecule has 0 saturated carbocycles. The fraction of sp³-hybridized carbons (Fsp3) is 0.500. The maximum atomic E-state index is 12.0. The van der Waals surface area contributed by atoms with Crippen molar-refractivity contribution in [1.82, 2.24) is 0 Å². The van der Waals surface area contributed by atoms with Gasteiger partial charge in [-0.2, -0.15) is 0 Å². The number of hydrogen-bond donors (Lipinski definition) is 1. The Morgan fingerprint density at radius 1 is 1.47 bits per heavy atom. The third-order valence-electron chi connectivity index (χ3n) is 2.94. The largest absolute Gasteiger partial charge is 0.330 e. The molecule has 1 aromatic rings. The number of benzene rings is 1. The zero-order chi connectivity index (χ0) is 12.5. The highest BCUT2D eigenvalue weighted by molar-refractivity contribution is 8.02. The third-order valence-corrected chi connectivity index (χ3v) is 6.42. The van der Waals surface area contributed by atoms with Crippen molar-refractivity contribution in [2.24, 2.45) is 5.73 Å². The molecule has 0 amide bonds. The smallest absolute Gasteiger partial charge is 0.180 e. The predicted octanol–water partition coefficient (Wildman–Crippen LogP) is 1.99. The summed E-state index contributed by atoms with van der Waals surface area (Å²) in [6.45, 7) is 2.75. The first-order valence-electron chi connectivity index (χ1n) is 5.72. The van der Waals surface area contributed by atoms with E-state index in [-0.39, 0.29) is 11.0 Å². The molecule has 2 unspecified atom stereocenters. The molecule has 94 valence electrons. The molecule has 0 fully saturated rings. The zero-order valence-electron chi connectivity index (χ0n) is 9.80. The summed E-state index contributed by atoms with van der Waals surface area (Å²) in [4.78, 5) is 0.512. The Balaban J connectivity index is 2.23. The Labute approximate surface area is 107 Å². The van der Waals surface area contributed by atoms with Crippen molar-refractivity contribution >= 4 is 21.6 Å². The summed E-state index contributed by atoms with van der Waals surface area (Å²) in [5.41, 5.74) is 6.48. The summed E-state index contributed by atoms with van der Waals surface area (Å²) in [6, 6.07) is 7.32. The molecule has 0 aromatic heterocycles. The van der Waals surface area contributed by atoms with E-state index in [0.717, 1.165) is 12.0 Å². The minimum Gasteiger partial charge on any atom is -0.330 e. The van der Waals surface area contributed by atoms with Crippen LogP contribution >= 0.6 is 11.8 Å². The highest BCUT2D eigenvalue weighted by atomic mass is 32.2. The molecule has 0 bridgehead atoms. The van der Waals surface area contributed by atoms with Gasteiger partial charge in [0.25, 0.3) is 0 Å². The number of thioether (sulfide) groups is 1. The van der Waals surface area contributed by atoms with Crippen molar-refractivity contribution in [3.8, 4) is 0 Å². The van der Waals surface area contributed by atoms with Gasteiger partial charge in [0.2, 0.25) is 0 Å². The van der Waals surface area contributed by atoms with Crippen LogP contribution in [0.1, 0.15) is 24.2 Å². The molecule has 1 aromatic carbocycles. The van der Waals surface area contributed by atoms with Crippen molar-refractivity contribution in [3.05, 3.63) is 29.8 Å². The van der Waals surface area contributed by atoms with Gasteiger partial charge in [0.05, 0.1) is 10.6 Å². The second-order valence-electron chi connectivity index (χ2n) is 4.33. The normalized spacial score (nSPS) is 23.3. The molecule has 0 aliphatic carbocycles. The SMILES string of the molecule is CC(CCN)SC1CS(=O)(=O)c2ccccc21. The highest BCUT2D eigenvalue weighted by Gasteiger charge is 2.35. The van der Waals surface area contributed by atoms with Crippen LogP contribution in [0.3, 0.4) is 0 Å². The van der Waals surface area contributed by atoms with Gasteiger partial charge in [0.15, 0.2) is 9.84 Å². The Kier molecular flexibility index (Phi) is 3.80. The van der Waals surface area contributed by atoms with Crippen molar-refractivity contribution < 1.29 is 8.42 Å². The highest BCUT2D eigenvalue weighted by Crippen LogP contribution is 2.43. The standard InChI is InChI=1S/C12H17NO2S2/c1-9(6-7-13)16-11-8-17(14,15)12-5-3-2-4-10(11)12/h2-5,9,11H,6-8,13H2,1H3. The van der Waals surface area contributed by atoms with Gasteiger partial charge in [-0.25, -0.2) is 8.42 Å². The minimum atomic E-state index is -3.07. The molecule has 0 spiro atoms. The molecule has 17 heavy (non-hydrogen) atoms. The lowest BCUT2D eigenvalue weighted by Crippen LogP contribution is -2.10. The van der Waals surface area contributed by atoms with Crippen LogP contribution in [-0.2, 0) is 9.84 Å². The lowest BCUT2D eigenvalue weighted by molar-refractivity contribution is 0.600. The van der Waals surface area contributed by atoms with E-state index in [9.17, 15) is 8.42 Å². The molecule has 5 heteroatoms. The minimum absolute atomic E-state index is 0.0674. The fourth-order valence-electron chi connectivity index (χ4n) is 2.10. The maximum Gasteiger partial charge on any atom is 0.180 e. The predicted molar refractivity (Wildman–Crippen MR) is 72.0 cm³/mol. The van der Waals surface area contributed by atoms with Crippen LogP contribution in [0, 0.1) is 0 Å². The van der Waals surface area contributed by atoms with Gasteiger partial charge in [-0.1, -0.05) is 25.1 Å². The van der Waals surface area contributed by atoms with Crippen molar-refractivity contribution in [3.63, 3.8) is 0 Å². The van der Waals surface area contributed by atoms with Gasteiger partial charge in [0, 0.05) is 10.5 Å². The molecule has 3 nitrogen and oxygen atoms in total. The van der Waals surface area contributed by atoms with Crippen molar-refractivity contribution in [2.45, 2.75) is 28.7 Å². The Hall–Kier alpha value is -0.520. The van der Waals surface area contributed by atoms with E-state index in [1.165, 1.54) is 0 Å². The lowest BCUT2D eigenvalue weighted by atomic mass is 10.2. The van der Waals surface area contributed by atoms with Crippen molar-refractivity contribution in [1.29, 1.82) is 0 Å². The second kappa shape index (κ2) is 5.00. The number of nitrogens with two attached hydrogens (primary N) is 1. The van der Waals surface area contributed by atoms with E-state index in [0.29, 0.717) is 16.7 Å². The van der Waals surface area contributed by atoms with Crippen LogP contribution in [0.2, 0.25) is 0 Å². The average molecular weight is 271 g/mol. The lowest BCUT2D eigenvalue weighted by Gasteiger charge is -2.15. The number of sulfone groups is 1. The van der Waals surface area contributed by atoms with Gasteiger partial charge in [0.1, 0.15) is 0 Å². The Bertz CT molecular complexity index is 499. The van der Waals surface area contributed by atoms with Gasteiger partial charge in [-0.3, -0.25) is 0 Å². The van der Waals surface area contributed by atoms with E-state index < -0.39 is 9.84 Å². The summed E-state index contributed by atoms with van der Waals surface area (Å²) in [5.74, 6) is 0.228. The van der Waals surface area contributed by atoms with Gasteiger partial charge >= 0.3 is 0 Å². The molecular weight excluding hydrogens is 254 g/mol. The second-order valence-corrected chi connectivity index (χ2v) is 7.98. The molecule has 2 N–H and O–H groups in total.